The second-order valence-corrected chi connectivity index (χ2v) is 5.02. The Kier molecular flexibility index (Phi) is 3.35. The third-order valence-electron chi connectivity index (χ3n) is 3.00. The Labute approximate surface area is 102 Å². The first kappa shape index (κ1) is 11.9. The number of hydrogen-bond donors (Lipinski definition) is 1. The molecule has 1 heterocycles. The van der Waals surface area contributed by atoms with Crippen LogP contribution in [0.5, 0.6) is 5.75 Å². The van der Waals surface area contributed by atoms with Crippen molar-refractivity contribution in [2.45, 2.75) is 38.3 Å². The van der Waals surface area contributed by atoms with Gasteiger partial charge in [0.2, 0.25) is 0 Å². The summed E-state index contributed by atoms with van der Waals surface area (Å²) in [6.45, 7) is 4.93. The zero-order chi connectivity index (χ0) is 12.3. The molecule has 1 atom stereocenters. The van der Waals surface area contributed by atoms with Crippen LogP contribution in [-0.4, -0.2) is 12.1 Å². The van der Waals surface area contributed by atoms with Gasteiger partial charge >= 0.3 is 0 Å². The van der Waals surface area contributed by atoms with E-state index in [0.717, 1.165) is 18.7 Å². The van der Waals surface area contributed by atoms with Gasteiger partial charge in [0.05, 0.1) is 6.07 Å². The quantitative estimate of drug-likeness (QED) is 0.812. The minimum absolute atomic E-state index is 0.154. The molecule has 0 aromatic heterocycles. The van der Waals surface area contributed by atoms with Crippen LogP contribution in [0.2, 0.25) is 0 Å². The maximum absolute atomic E-state index is 8.58. The molecule has 2 rings (SSSR count). The molecule has 1 aliphatic rings. The van der Waals surface area contributed by atoms with Gasteiger partial charge in [-0.05, 0) is 19.9 Å². The van der Waals surface area contributed by atoms with Gasteiger partial charge in [-0.15, -0.1) is 0 Å². The van der Waals surface area contributed by atoms with Crippen molar-refractivity contribution >= 4 is 0 Å². The van der Waals surface area contributed by atoms with E-state index in [1.807, 2.05) is 18.2 Å². The fourth-order valence-electron chi connectivity index (χ4n) is 2.29. The number of rotatable bonds is 3. The van der Waals surface area contributed by atoms with Gasteiger partial charge in [-0.1, -0.05) is 18.2 Å². The maximum Gasteiger partial charge on any atom is 0.124 e. The van der Waals surface area contributed by atoms with Gasteiger partial charge in [0.25, 0.3) is 0 Å². The molecular weight excluding hydrogens is 212 g/mol. The highest BCUT2D eigenvalue weighted by molar-refractivity contribution is 5.38. The molecule has 90 valence electrons. The summed E-state index contributed by atoms with van der Waals surface area (Å²) in [6.07, 6.45) is 1.47. The van der Waals surface area contributed by atoms with Crippen molar-refractivity contribution in [2.24, 2.45) is 0 Å². The Bertz CT molecular complexity index is 434. The lowest BCUT2D eigenvalue weighted by atomic mass is 9.89. The average molecular weight is 230 g/mol. The number of benzene rings is 1. The van der Waals surface area contributed by atoms with Crippen LogP contribution in [0.4, 0.5) is 0 Å². The average Bonchev–Trinajstić information content (AvgIpc) is 2.28. The van der Waals surface area contributed by atoms with E-state index in [0.29, 0.717) is 6.42 Å². The zero-order valence-electron chi connectivity index (χ0n) is 10.4. The van der Waals surface area contributed by atoms with Crippen LogP contribution >= 0.6 is 0 Å². The molecule has 1 N–H and O–H groups in total. The smallest absolute Gasteiger partial charge is 0.124 e. The van der Waals surface area contributed by atoms with E-state index >= 15 is 0 Å². The molecule has 17 heavy (non-hydrogen) atoms. The van der Waals surface area contributed by atoms with Crippen LogP contribution in [0, 0.1) is 11.3 Å². The van der Waals surface area contributed by atoms with Crippen molar-refractivity contribution in [3.05, 3.63) is 29.8 Å². The number of fused-ring (bicyclic) bond motifs is 1. The van der Waals surface area contributed by atoms with Crippen LogP contribution in [0.1, 0.15) is 38.3 Å². The molecule has 0 spiro atoms. The predicted molar refractivity (Wildman–Crippen MR) is 66.7 cm³/mol. The van der Waals surface area contributed by atoms with Crippen LogP contribution in [0.3, 0.4) is 0 Å². The first-order valence-electron chi connectivity index (χ1n) is 6.01. The molecule has 3 nitrogen and oxygen atoms in total. The Morgan fingerprint density at radius 2 is 2.24 bits per heavy atom. The van der Waals surface area contributed by atoms with Crippen LogP contribution in [-0.2, 0) is 0 Å². The molecule has 3 heteroatoms. The number of hydrogen-bond acceptors (Lipinski definition) is 3. The Morgan fingerprint density at radius 3 is 3.00 bits per heavy atom. The summed E-state index contributed by atoms with van der Waals surface area (Å²) in [5, 5.41) is 12.0. The van der Waals surface area contributed by atoms with Crippen LogP contribution in [0.25, 0.3) is 0 Å². The summed E-state index contributed by atoms with van der Waals surface area (Å²) in [7, 11) is 0. The number of nitrogens with zero attached hydrogens (tertiary/aromatic N) is 1. The first-order chi connectivity index (χ1) is 8.12. The van der Waals surface area contributed by atoms with Crippen molar-refractivity contribution in [3.63, 3.8) is 0 Å². The molecule has 0 fully saturated rings. The summed E-state index contributed by atoms with van der Waals surface area (Å²) in [6, 6.07) is 10.6. The van der Waals surface area contributed by atoms with Crippen molar-refractivity contribution in [1.82, 2.24) is 5.32 Å². The molecule has 1 aromatic carbocycles. The Hall–Kier alpha value is -1.53. The number of nitrogens with one attached hydrogen (secondary N) is 1. The summed E-state index contributed by atoms with van der Waals surface area (Å²) < 4.78 is 5.95. The third kappa shape index (κ3) is 2.78. The largest absolute Gasteiger partial charge is 0.487 e. The van der Waals surface area contributed by atoms with Crippen molar-refractivity contribution in [2.75, 3.05) is 6.54 Å². The fraction of sp³-hybridized carbons (Fsp3) is 0.500. The van der Waals surface area contributed by atoms with Crippen LogP contribution in [0.15, 0.2) is 24.3 Å². The molecule has 0 saturated heterocycles. The molecule has 0 radical (unpaired) electrons. The van der Waals surface area contributed by atoms with Crippen molar-refractivity contribution in [1.29, 1.82) is 5.26 Å². The van der Waals surface area contributed by atoms with Gasteiger partial charge in [-0.25, -0.2) is 0 Å². The molecular formula is C14H18N2O. The molecule has 1 aromatic rings. The van der Waals surface area contributed by atoms with E-state index in [9.17, 15) is 0 Å². The number of ether oxygens (including phenoxy) is 1. The Balaban J connectivity index is 2.18. The van der Waals surface area contributed by atoms with Crippen molar-refractivity contribution in [3.8, 4) is 11.8 Å². The topological polar surface area (TPSA) is 45.0 Å². The van der Waals surface area contributed by atoms with E-state index in [2.05, 4.69) is 31.3 Å². The normalized spacial score (nSPS) is 21.1. The second-order valence-electron chi connectivity index (χ2n) is 5.02. The summed E-state index contributed by atoms with van der Waals surface area (Å²) in [5.74, 6) is 0.957. The summed E-state index contributed by atoms with van der Waals surface area (Å²) >= 11 is 0. The summed E-state index contributed by atoms with van der Waals surface area (Å²) in [4.78, 5) is 0. The molecule has 0 bridgehead atoms. The number of nitriles is 1. The highest BCUT2D eigenvalue weighted by Gasteiger charge is 2.32. The molecule has 0 aliphatic carbocycles. The third-order valence-corrected chi connectivity index (χ3v) is 3.00. The Morgan fingerprint density at radius 1 is 1.47 bits per heavy atom. The maximum atomic E-state index is 8.58. The van der Waals surface area contributed by atoms with E-state index in [1.165, 1.54) is 5.56 Å². The lowest BCUT2D eigenvalue weighted by molar-refractivity contribution is 0.0663. The highest BCUT2D eigenvalue weighted by atomic mass is 16.5. The monoisotopic (exact) mass is 230 g/mol. The van der Waals surface area contributed by atoms with Gasteiger partial charge in [0.1, 0.15) is 11.4 Å². The lowest BCUT2D eigenvalue weighted by Crippen LogP contribution is -2.39. The lowest BCUT2D eigenvalue weighted by Gasteiger charge is -2.38. The van der Waals surface area contributed by atoms with E-state index < -0.39 is 0 Å². The van der Waals surface area contributed by atoms with E-state index in [4.69, 9.17) is 10.00 Å². The standard InChI is InChI=1S/C14H18N2O/c1-14(2)10-12(16-9-5-8-15)11-6-3-4-7-13(11)17-14/h3-4,6-7,12,16H,5,9-10H2,1-2H3. The van der Waals surface area contributed by atoms with Gasteiger partial charge < -0.3 is 10.1 Å². The predicted octanol–water partition coefficient (Wildman–Crippen LogP) is 2.79. The summed E-state index contributed by atoms with van der Waals surface area (Å²) in [5.41, 5.74) is 1.04. The van der Waals surface area contributed by atoms with Gasteiger partial charge in [0, 0.05) is 31.0 Å². The van der Waals surface area contributed by atoms with Gasteiger partial charge in [0.15, 0.2) is 0 Å². The fourth-order valence-corrected chi connectivity index (χ4v) is 2.29. The zero-order valence-corrected chi connectivity index (χ0v) is 10.4. The first-order valence-corrected chi connectivity index (χ1v) is 6.01. The van der Waals surface area contributed by atoms with E-state index in [-0.39, 0.29) is 11.6 Å². The minimum Gasteiger partial charge on any atom is -0.487 e. The second kappa shape index (κ2) is 4.77. The highest BCUT2D eigenvalue weighted by Crippen LogP contribution is 2.38. The number of para-hydroxylation sites is 1. The molecule has 0 saturated carbocycles. The van der Waals surface area contributed by atoms with E-state index in [1.54, 1.807) is 0 Å². The van der Waals surface area contributed by atoms with Gasteiger partial charge in [-0.2, -0.15) is 5.26 Å². The van der Waals surface area contributed by atoms with Crippen LogP contribution < -0.4 is 10.1 Å². The van der Waals surface area contributed by atoms with Crippen molar-refractivity contribution < 1.29 is 4.74 Å². The molecule has 0 amide bonds. The van der Waals surface area contributed by atoms with Gasteiger partial charge in [-0.3, -0.25) is 0 Å². The molecule has 1 unspecified atom stereocenters. The minimum atomic E-state index is -0.154. The molecule has 1 aliphatic heterocycles. The SMILES string of the molecule is CC1(C)CC(NCCC#N)c2ccccc2O1.